The summed E-state index contributed by atoms with van der Waals surface area (Å²) in [6.45, 7) is 4.00. The molecule has 2 aliphatic rings. The molecular weight excluding hydrogens is 534 g/mol. The van der Waals surface area contributed by atoms with E-state index in [1.54, 1.807) is 4.68 Å². The number of nitrogens with zero attached hydrogens (tertiary/aromatic N) is 4. The molecule has 2 amide bonds. The number of aliphatic imine (C=N–C) groups is 1. The molecule has 1 aromatic heterocycles. The third-order valence-electron chi connectivity index (χ3n) is 6.79. The van der Waals surface area contributed by atoms with Crippen LogP contribution < -0.4 is 10.5 Å². The van der Waals surface area contributed by atoms with Crippen LogP contribution in [-0.4, -0.2) is 51.4 Å². The number of aromatic nitrogens is 2. The van der Waals surface area contributed by atoms with E-state index in [0.717, 1.165) is 29.7 Å². The summed E-state index contributed by atoms with van der Waals surface area (Å²) < 4.78 is 7.61. The van der Waals surface area contributed by atoms with Gasteiger partial charge in [-0.3, -0.25) is 9.59 Å². The van der Waals surface area contributed by atoms with Crippen LogP contribution in [0.5, 0.6) is 5.75 Å². The highest BCUT2D eigenvalue weighted by Gasteiger charge is 2.31. The lowest BCUT2D eigenvalue weighted by Gasteiger charge is -2.31. The number of benzene rings is 2. The van der Waals surface area contributed by atoms with E-state index in [1.165, 1.54) is 11.8 Å². The fraction of sp³-hybridized carbons (Fsp3) is 0.310. The molecule has 2 aromatic carbocycles. The Morgan fingerprint density at radius 3 is 2.67 bits per heavy atom. The van der Waals surface area contributed by atoms with Crippen LogP contribution in [0.3, 0.4) is 0 Å². The zero-order valence-electron chi connectivity index (χ0n) is 21.7. The Kier molecular flexibility index (Phi) is 8.38. The Balaban J connectivity index is 1.43. The summed E-state index contributed by atoms with van der Waals surface area (Å²) in [7, 11) is 0. The van der Waals surface area contributed by atoms with E-state index < -0.39 is 0 Å². The molecule has 39 heavy (non-hydrogen) atoms. The molecule has 0 spiro atoms. The molecule has 10 heteroatoms. The number of hydrogen-bond acceptors (Lipinski definition) is 6. The van der Waals surface area contributed by atoms with E-state index in [2.05, 4.69) is 11.9 Å². The van der Waals surface area contributed by atoms with Crippen molar-refractivity contribution in [3.63, 3.8) is 0 Å². The van der Waals surface area contributed by atoms with Crippen molar-refractivity contribution in [3.8, 4) is 22.7 Å². The first-order chi connectivity index (χ1) is 18.9. The lowest BCUT2D eigenvalue weighted by Crippen LogP contribution is -2.40. The van der Waals surface area contributed by atoms with E-state index in [1.807, 2.05) is 65.7 Å². The van der Waals surface area contributed by atoms with Crippen LogP contribution in [0, 0.1) is 5.92 Å². The largest absolute Gasteiger partial charge is 0.492 e. The summed E-state index contributed by atoms with van der Waals surface area (Å²) in [6.07, 6.45) is 7.06. The van der Waals surface area contributed by atoms with Gasteiger partial charge in [-0.05, 0) is 67.4 Å². The Hall–Kier alpha value is -3.56. The van der Waals surface area contributed by atoms with Gasteiger partial charge in [-0.2, -0.15) is 10.1 Å². The molecule has 0 unspecified atom stereocenters. The molecule has 1 fully saturated rings. The van der Waals surface area contributed by atoms with Gasteiger partial charge in [-0.1, -0.05) is 43.1 Å². The Labute approximate surface area is 236 Å². The molecule has 2 N–H and O–H groups in total. The van der Waals surface area contributed by atoms with Crippen molar-refractivity contribution in [3.05, 3.63) is 70.2 Å². The first kappa shape index (κ1) is 27.0. The van der Waals surface area contributed by atoms with Crippen molar-refractivity contribution < 1.29 is 14.3 Å². The Morgan fingerprint density at radius 1 is 1.21 bits per heavy atom. The van der Waals surface area contributed by atoms with Crippen molar-refractivity contribution >= 4 is 46.4 Å². The molecule has 0 bridgehead atoms. The van der Waals surface area contributed by atoms with Gasteiger partial charge in [0.05, 0.1) is 22.2 Å². The monoisotopic (exact) mass is 563 g/mol. The number of halogens is 1. The number of para-hydroxylation sites is 1. The van der Waals surface area contributed by atoms with Gasteiger partial charge in [-0.15, -0.1) is 0 Å². The minimum absolute atomic E-state index is 0.124. The molecule has 8 nitrogen and oxygen atoms in total. The van der Waals surface area contributed by atoms with Crippen LogP contribution in [0.4, 0.5) is 0 Å². The first-order valence-corrected chi connectivity index (χ1v) is 14.3. The molecule has 3 heterocycles. The van der Waals surface area contributed by atoms with Crippen LogP contribution >= 0.6 is 23.4 Å². The number of likely N-dealkylation sites (tertiary alicyclic amines) is 1. The topological polar surface area (TPSA) is 103 Å². The first-order valence-electron chi connectivity index (χ1n) is 13.1. The van der Waals surface area contributed by atoms with Gasteiger partial charge in [-0.25, -0.2) is 4.68 Å². The molecule has 2 aliphatic heterocycles. The number of ether oxygens (including phenoxy) is 1. The molecule has 0 saturated carbocycles. The van der Waals surface area contributed by atoms with Gasteiger partial charge in [0.1, 0.15) is 11.4 Å². The number of amidine groups is 1. The molecule has 1 saturated heterocycles. The second-order valence-electron chi connectivity index (χ2n) is 9.53. The lowest BCUT2D eigenvalue weighted by molar-refractivity contribution is -0.123. The maximum atomic E-state index is 12.9. The predicted octanol–water partition coefficient (Wildman–Crippen LogP) is 5.54. The van der Waals surface area contributed by atoms with Gasteiger partial charge in [0.15, 0.2) is 5.17 Å². The van der Waals surface area contributed by atoms with Crippen LogP contribution in [-0.2, 0) is 9.59 Å². The van der Waals surface area contributed by atoms with E-state index >= 15 is 0 Å². The normalized spacial score (nSPS) is 17.1. The van der Waals surface area contributed by atoms with E-state index in [-0.39, 0.29) is 17.7 Å². The molecule has 0 radical (unpaired) electrons. The van der Waals surface area contributed by atoms with Gasteiger partial charge >= 0.3 is 0 Å². The molecule has 0 atom stereocenters. The number of carbonyl (C=O) groups excluding carboxylic acids is 2. The summed E-state index contributed by atoms with van der Waals surface area (Å²) in [6, 6.07) is 15.4. The Bertz CT molecular complexity index is 1430. The highest BCUT2D eigenvalue weighted by atomic mass is 35.5. The average molecular weight is 564 g/mol. The summed E-state index contributed by atoms with van der Waals surface area (Å²) in [5.41, 5.74) is 8.64. The van der Waals surface area contributed by atoms with E-state index in [4.69, 9.17) is 27.2 Å². The van der Waals surface area contributed by atoms with Gasteiger partial charge in [0.2, 0.25) is 5.91 Å². The molecule has 3 aromatic rings. The third-order valence-corrected chi connectivity index (χ3v) is 8.13. The zero-order chi connectivity index (χ0) is 27.4. The lowest BCUT2D eigenvalue weighted by atomic mass is 9.97. The van der Waals surface area contributed by atoms with Gasteiger partial charge < -0.3 is 15.4 Å². The highest BCUT2D eigenvalue weighted by Crippen LogP contribution is 2.36. The van der Waals surface area contributed by atoms with E-state index in [0.29, 0.717) is 59.1 Å². The van der Waals surface area contributed by atoms with Crippen molar-refractivity contribution in [2.75, 3.05) is 19.7 Å². The number of amides is 2. The fourth-order valence-corrected chi connectivity index (χ4v) is 5.74. The quantitative estimate of drug-likeness (QED) is 0.285. The minimum Gasteiger partial charge on any atom is -0.492 e. The number of rotatable bonds is 8. The zero-order valence-corrected chi connectivity index (χ0v) is 23.3. The number of nitrogens with two attached hydrogens (primary N) is 1. The minimum atomic E-state index is -0.289. The number of hydrogen-bond donors (Lipinski definition) is 1. The highest BCUT2D eigenvalue weighted by molar-refractivity contribution is 8.18. The Morgan fingerprint density at radius 2 is 1.97 bits per heavy atom. The van der Waals surface area contributed by atoms with Gasteiger partial charge in [0, 0.05) is 36.3 Å². The molecule has 0 aliphatic carbocycles. The van der Waals surface area contributed by atoms with Gasteiger partial charge in [0.25, 0.3) is 5.91 Å². The second kappa shape index (κ2) is 12.1. The van der Waals surface area contributed by atoms with Crippen molar-refractivity contribution in [2.45, 2.75) is 32.6 Å². The maximum absolute atomic E-state index is 12.9. The SMILES string of the molecule is CCCCOc1ccc(-c2nn(-c3ccccc3)cc2/C=C2\SC(N3CCC(C(N)=O)CC3)=NC2=O)cc1Cl. The summed E-state index contributed by atoms with van der Waals surface area (Å²) in [5, 5.41) is 6.02. The predicted molar refractivity (Wildman–Crippen MR) is 156 cm³/mol. The van der Waals surface area contributed by atoms with E-state index in [9.17, 15) is 9.59 Å². The second-order valence-corrected chi connectivity index (χ2v) is 11.0. The van der Waals surface area contributed by atoms with Crippen LogP contribution in [0.25, 0.3) is 23.0 Å². The van der Waals surface area contributed by atoms with Crippen molar-refractivity contribution in [1.29, 1.82) is 0 Å². The maximum Gasteiger partial charge on any atom is 0.286 e. The fourth-order valence-electron chi connectivity index (χ4n) is 4.55. The summed E-state index contributed by atoms with van der Waals surface area (Å²) >= 11 is 7.92. The van der Waals surface area contributed by atoms with Crippen LogP contribution in [0.15, 0.2) is 64.6 Å². The number of piperidine rings is 1. The third kappa shape index (κ3) is 6.20. The van der Waals surface area contributed by atoms with Crippen LogP contribution in [0.1, 0.15) is 38.2 Å². The smallest absolute Gasteiger partial charge is 0.286 e. The molecular formula is C29H30ClN5O3S. The van der Waals surface area contributed by atoms with Crippen molar-refractivity contribution in [2.24, 2.45) is 16.6 Å². The number of unbranched alkanes of at least 4 members (excludes halogenated alkanes) is 1. The van der Waals surface area contributed by atoms with Crippen LogP contribution in [0.2, 0.25) is 5.02 Å². The number of carbonyl (C=O) groups is 2. The average Bonchev–Trinajstić information content (AvgIpc) is 3.54. The molecule has 5 rings (SSSR count). The standard InChI is InChI=1S/C29H30ClN5O3S/c1-2-3-15-38-24-10-9-20(16-23(24)30)26-21(18-35(33-26)22-7-5-4-6-8-22)17-25-28(37)32-29(39-25)34-13-11-19(12-14-34)27(31)36/h4-10,16-19H,2-3,11-15H2,1H3,(H2,31,36)/b25-17-. The summed E-state index contributed by atoms with van der Waals surface area (Å²) in [5.74, 6) is -0.0457. The summed E-state index contributed by atoms with van der Waals surface area (Å²) in [4.78, 5) is 31.3. The van der Waals surface area contributed by atoms with Crippen molar-refractivity contribution in [1.82, 2.24) is 14.7 Å². The number of primary amides is 1. The number of thioether (sulfide) groups is 1. The molecule has 202 valence electrons.